The van der Waals surface area contributed by atoms with Crippen LogP contribution in [0.1, 0.15) is 57.6 Å². The van der Waals surface area contributed by atoms with E-state index in [-0.39, 0.29) is 0 Å². The lowest BCUT2D eigenvalue weighted by atomic mass is 9.83. The molecule has 2 rings (SSSR count). The highest BCUT2D eigenvalue weighted by atomic mass is 15.3. The fourth-order valence-electron chi connectivity index (χ4n) is 2.29. The first-order valence-electron chi connectivity index (χ1n) is 6.51. The predicted octanol–water partition coefficient (Wildman–Crippen LogP) is 3.29. The molecule has 0 bridgehead atoms. The van der Waals surface area contributed by atoms with Gasteiger partial charge in [-0.2, -0.15) is 5.10 Å². The van der Waals surface area contributed by atoms with Crippen molar-refractivity contribution >= 4 is 5.82 Å². The Bertz CT molecular complexity index is 339. The first kappa shape index (κ1) is 11.5. The van der Waals surface area contributed by atoms with Crippen LogP contribution in [0.25, 0.3) is 0 Å². The van der Waals surface area contributed by atoms with E-state index in [1.54, 1.807) is 0 Å². The molecule has 0 aliphatic heterocycles. The molecule has 1 saturated carbocycles. The van der Waals surface area contributed by atoms with E-state index in [1.165, 1.54) is 43.6 Å². The van der Waals surface area contributed by atoms with Gasteiger partial charge in [0.25, 0.3) is 0 Å². The molecule has 0 amide bonds. The molecule has 3 nitrogen and oxygen atoms in total. The van der Waals surface area contributed by atoms with Crippen molar-refractivity contribution in [3.05, 3.63) is 11.8 Å². The molecule has 1 unspecified atom stereocenters. The van der Waals surface area contributed by atoms with Crippen molar-refractivity contribution in [2.45, 2.75) is 57.9 Å². The number of aromatic nitrogens is 2. The Morgan fingerprint density at radius 1 is 1.56 bits per heavy atom. The third-order valence-corrected chi connectivity index (χ3v) is 3.54. The van der Waals surface area contributed by atoms with Crippen molar-refractivity contribution in [1.29, 1.82) is 0 Å². The maximum absolute atomic E-state index is 4.60. The molecule has 1 aliphatic carbocycles. The van der Waals surface area contributed by atoms with Gasteiger partial charge in [-0.05, 0) is 26.2 Å². The molecule has 0 saturated heterocycles. The van der Waals surface area contributed by atoms with Gasteiger partial charge in [-0.1, -0.05) is 19.8 Å². The van der Waals surface area contributed by atoms with Crippen LogP contribution in [0, 0.1) is 0 Å². The van der Waals surface area contributed by atoms with Gasteiger partial charge < -0.3 is 5.32 Å². The predicted molar refractivity (Wildman–Crippen MR) is 67.8 cm³/mol. The number of rotatable bonds is 5. The SMILES string of the molecule is CCCC(C)Nc1cc(C2CCC2)nn1C. The molecule has 16 heavy (non-hydrogen) atoms. The smallest absolute Gasteiger partial charge is 0.124 e. The van der Waals surface area contributed by atoms with Crippen molar-refractivity contribution in [3.8, 4) is 0 Å². The first-order chi connectivity index (χ1) is 7.70. The third kappa shape index (κ3) is 2.39. The number of hydrogen-bond acceptors (Lipinski definition) is 2. The number of anilines is 1. The molecule has 0 spiro atoms. The van der Waals surface area contributed by atoms with Gasteiger partial charge in [0.1, 0.15) is 5.82 Å². The van der Waals surface area contributed by atoms with Crippen molar-refractivity contribution in [1.82, 2.24) is 9.78 Å². The van der Waals surface area contributed by atoms with Crippen LogP contribution in [0.4, 0.5) is 5.82 Å². The van der Waals surface area contributed by atoms with Crippen LogP contribution in [-0.4, -0.2) is 15.8 Å². The second kappa shape index (κ2) is 4.89. The molecule has 90 valence electrons. The van der Waals surface area contributed by atoms with Crippen molar-refractivity contribution in [2.24, 2.45) is 7.05 Å². The number of aryl methyl sites for hydroxylation is 1. The highest BCUT2D eigenvalue weighted by molar-refractivity contribution is 5.39. The van der Waals surface area contributed by atoms with Gasteiger partial charge in [0, 0.05) is 25.1 Å². The van der Waals surface area contributed by atoms with Crippen molar-refractivity contribution in [2.75, 3.05) is 5.32 Å². The largest absolute Gasteiger partial charge is 0.368 e. The Morgan fingerprint density at radius 3 is 2.88 bits per heavy atom. The Kier molecular flexibility index (Phi) is 3.52. The summed E-state index contributed by atoms with van der Waals surface area (Å²) in [5, 5.41) is 8.13. The maximum Gasteiger partial charge on any atom is 0.124 e. The highest BCUT2D eigenvalue weighted by Crippen LogP contribution is 2.36. The van der Waals surface area contributed by atoms with Crippen LogP contribution in [0.15, 0.2) is 6.07 Å². The molecule has 0 aromatic carbocycles. The van der Waals surface area contributed by atoms with Crippen LogP contribution in [-0.2, 0) is 7.05 Å². The normalized spacial score (nSPS) is 18.2. The molecule has 1 N–H and O–H groups in total. The molecule has 1 aromatic rings. The summed E-state index contributed by atoms with van der Waals surface area (Å²) in [7, 11) is 2.03. The van der Waals surface area contributed by atoms with Crippen LogP contribution < -0.4 is 5.32 Å². The molecule has 1 aromatic heterocycles. The van der Waals surface area contributed by atoms with Gasteiger partial charge in [0.05, 0.1) is 5.69 Å². The molecule has 1 fully saturated rings. The van der Waals surface area contributed by atoms with E-state index in [1.807, 2.05) is 11.7 Å². The molecule has 1 heterocycles. The van der Waals surface area contributed by atoms with Crippen LogP contribution in [0.2, 0.25) is 0 Å². The molecular formula is C13H23N3. The third-order valence-electron chi connectivity index (χ3n) is 3.54. The summed E-state index contributed by atoms with van der Waals surface area (Å²) in [6.07, 6.45) is 6.45. The van der Waals surface area contributed by atoms with E-state index >= 15 is 0 Å². The minimum Gasteiger partial charge on any atom is -0.368 e. The number of hydrogen-bond donors (Lipinski definition) is 1. The summed E-state index contributed by atoms with van der Waals surface area (Å²) in [5.74, 6) is 1.89. The van der Waals surface area contributed by atoms with E-state index in [0.717, 1.165) is 5.92 Å². The summed E-state index contributed by atoms with van der Waals surface area (Å²) in [4.78, 5) is 0. The van der Waals surface area contributed by atoms with Gasteiger partial charge in [-0.25, -0.2) is 0 Å². The van der Waals surface area contributed by atoms with Crippen LogP contribution in [0.5, 0.6) is 0 Å². The Labute approximate surface area is 98.2 Å². The van der Waals surface area contributed by atoms with E-state index < -0.39 is 0 Å². The number of nitrogens with zero attached hydrogens (tertiary/aromatic N) is 2. The standard InChI is InChI=1S/C13H23N3/c1-4-6-10(2)14-13-9-12(15-16(13)3)11-7-5-8-11/h9-11,14H,4-8H2,1-3H3. The highest BCUT2D eigenvalue weighted by Gasteiger charge is 2.23. The number of nitrogens with one attached hydrogen (secondary N) is 1. The summed E-state index contributed by atoms with van der Waals surface area (Å²) in [6, 6.07) is 2.77. The minimum absolute atomic E-state index is 0.537. The lowest BCUT2D eigenvalue weighted by molar-refractivity contribution is 0.408. The molecule has 3 heteroatoms. The lowest BCUT2D eigenvalue weighted by Crippen LogP contribution is -2.16. The minimum atomic E-state index is 0.537. The quantitative estimate of drug-likeness (QED) is 0.827. The van der Waals surface area contributed by atoms with Crippen molar-refractivity contribution in [3.63, 3.8) is 0 Å². The molecular weight excluding hydrogens is 198 g/mol. The zero-order valence-electron chi connectivity index (χ0n) is 10.7. The van der Waals surface area contributed by atoms with Crippen molar-refractivity contribution < 1.29 is 0 Å². The van der Waals surface area contributed by atoms with E-state index in [0.29, 0.717) is 6.04 Å². The van der Waals surface area contributed by atoms with E-state index in [4.69, 9.17) is 0 Å². The van der Waals surface area contributed by atoms with Gasteiger partial charge in [0.2, 0.25) is 0 Å². The molecule has 1 aliphatic rings. The average molecular weight is 221 g/mol. The second-order valence-corrected chi connectivity index (χ2v) is 5.04. The Morgan fingerprint density at radius 2 is 2.31 bits per heavy atom. The summed E-state index contributed by atoms with van der Waals surface area (Å²) in [6.45, 7) is 4.46. The zero-order chi connectivity index (χ0) is 11.5. The van der Waals surface area contributed by atoms with E-state index in [9.17, 15) is 0 Å². The van der Waals surface area contributed by atoms with E-state index in [2.05, 4.69) is 30.3 Å². The first-order valence-corrected chi connectivity index (χ1v) is 6.51. The average Bonchev–Trinajstić information content (AvgIpc) is 2.44. The fraction of sp³-hybridized carbons (Fsp3) is 0.769. The van der Waals surface area contributed by atoms with Crippen LogP contribution >= 0.6 is 0 Å². The maximum atomic E-state index is 4.60. The Hall–Kier alpha value is -0.990. The lowest BCUT2D eigenvalue weighted by Gasteiger charge is -2.22. The topological polar surface area (TPSA) is 29.9 Å². The summed E-state index contributed by atoms with van der Waals surface area (Å²) >= 11 is 0. The van der Waals surface area contributed by atoms with Gasteiger partial charge >= 0.3 is 0 Å². The molecule has 1 atom stereocenters. The van der Waals surface area contributed by atoms with Gasteiger partial charge in [-0.15, -0.1) is 0 Å². The second-order valence-electron chi connectivity index (χ2n) is 5.04. The summed E-state index contributed by atoms with van der Waals surface area (Å²) in [5.41, 5.74) is 1.28. The Balaban J connectivity index is 2.00. The van der Waals surface area contributed by atoms with Gasteiger partial charge in [0.15, 0.2) is 0 Å². The molecule has 0 radical (unpaired) electrons. The zero-order valence-corrected chi connectivity index (χ0v) is 10.7. The van der Waals surface area contributed by atoms with Gasteiger partial charge in [-0.3, -0.25) is 4.68 Å². The van der Waals surface area contributed by atoms with Crippen LogP contribution in [0.3, 0.4) is 0 Å². The monoisotopic (exact) mass is 221 g/mol. The fourth-order valence-corrected chi connectivity index (χ4v) is 2.29. The summed E-state index contributed by atoms with van der Waals surface area (Å²) < 4.78 is 1.99.